The summed E-state index contributed by atoms with van der Waals surface area (Å²) in [4.78, 5) is 6.91. The normalized spacial score (nSPS) is 13.1. The second kappa shape index (κ2) is 4.80. The van der Waals surface area contributed by atoms with Crippen LogP contribution < -0.4 is 4.89 Å². The molecule has 0 saturated heterocycles. The predicted molar refractivity (Wildman–Crippen MR) is 65.5 cm³/mol. The Morgan fingerprint density at radius 1 is 1.38 bits per heavy atom. The minimum atomic E-state index is -3.78. The van der Waals surface area contributed by atoms with Crippen molar-refractivity contribution >= 4 is 44.6 Å². The zero-order valence-electron chi connectivity index (χ0n) is 8.87. The van der Waals surface area contributed by atoms with Gasteiger partial charge in [-0.3, -0.25) is 4.84 Å². The van der Waals surface area contributed by atoms with E-state index in [1.165, 1.54) is 6.07 Å². The Morgan fingerprint density at radius 2 is 1.94 bits per heavy atom. The SMILES string of the molecule is CC(C)(C)ONS(=O)(=O)c1cc(Cl)sc1Cl. The number of thiophene rings is 1. The van der Waals surface area contributed by atoms with Crippen molar-refractivity contribution in [3.05, 3.63) is 14.7 Å². The fourth-order valence-electron chi connectivity index (χ4n) is 0.733. The molecule has 0 fully saturated rings. The third kappa shape index (κ3) is 3.87. The van der Waals surface area contributed by atoms with Gasteiger partial charge >= 0.3 is 0 Å². The van der Waals surface area contributed by atoms with E-state index in [4.69, 9.17) is 28.0 Å². The molecule has 0 aliphatic heterocycles. The van der Waals surface area contributed by atoms with Crippen molar-refractivity contribution in [2.45, 2.75) is 31.3 Å². The van der Waals surface area contributed by atoms with Crippen LogP contribution >= 0.6 is 34.5 Å². The number of rotatable bonds is 3. The Balaban J connectivity index is 2.91. The molecule has 4 nitrogen and oxygen atoms in total. The van der Waals surface area contributed by atoms with Crippen molar-refractivity contribution in [1.82, 2.24) is 4.89 Å². The average molecular weight is 304 g/mol. The molecular weight excluding hydrogens is 293 g/mol. The highest BCUT2D eigenvalue weighted by molar-refractivity contribution is 7.89. The number of sulfonamides is 1. The molecule has 0 saturated carbocycles. The van der Waals surface area contributed by atoms with E-state index in [9.17, 15) is 8.42 Å². The predicted octanol–water partition coefficient (Wildman–Crippen LogP) is 3.06. The van der Waals surface area contributed by atoms with E-state index in [0.717, 1.165) is 11.3 Å². The highest BCUT2D eigenvalue weighted by Gasteiger charge is 2.23. The van der Waals surface area contributed by atoms with Crippen LogP contribution in [0.25, 0.3) is 0 Å². The fraction of sp³-hybridized carbons (Fsp3) is 0.500. The lowest BCUT2D eigenvalue weighted by Gasteiger charge is -2.18. The van der Waals surface area contributed by atoms with Crippen molar-refractivity contribution in [1.29, 1.82) is 0 Å². The first-order valence-corrected chi connectivity index (χ1v) is 7.32. The first kappa shape index (κ1) is 14.2. The quantitative estimate of drug-likeness (QED) is 0.873. The highest BCUT2D eigenvalue weighted by Crippen LogP contribution is 2.34. The van der Waals surface area contributed by atoms with Gasteiger partial charge in [0.15, 0.2) is 0 Å². The summed E-state index contributed by atoms with van der Waals surface area (Å²) >= 11 is 12.4. The monoisotopic (exact) mass is 303 g/mol. The third-order valence-electron chi connectivity index (χ3n) is 1.37. The van der Waals surface area contributed by atoms with Gasteiger partial charge in [-0.05, 0) is 26.8 Å². The molecule has 0 bridgehead atoms. The second-order valence-electron chi connectivity index (χ2n) is 3.99. The molecule has 0 aliphatic rings. The number of hydrogen-bond donors (Lipinski definition) is 1. The van der Waals surface area contributed by atoms with Gasteiger partial charge in [0, 0.05) is 0 Å². The summed E-state index contributed by atoms with van der Waals surface area (Å²) in [6, 6.07) is 1.28. The standard InChI is InChI=1S/C8H11Cl2NO3S2/c1-8(2,3)14-11-16(12,13)5-4-6(9)15-7(5)10/h4,11H,1-3H3. The van der Waals surface area contributed by atoms with Crippen LogP contribution in [0.15, 0.2) is 11.0 Å². The summed E-state index contributed by atoms with van der Waals surface area (Å²) < 4.78 is 23.9. The fourth-order valence-corrected chi connectivity index (χ4v) is 3.84. The van der Waals surface area contributed by atoms with Gasteiger partial charge in [0.2, 0.25) is 0 Å². The average Bonchev–Trinajstić information content (AvgIpc) is 2.42. The third-order valence-corrected chi connectivity index (χ3v) is 4.31. The summed E-state index contributed by atoms with van der Waals surface area (Å²) in [5.41, 5.74) is -0.626. The first-order valence-electron chi connectivity index (χ1n) is 4.26. The number of hydrogen-bond acceptors (Lipinski definition) is 4. The Labute approximate surface area is 109 Å². The van der Waals surface area contributed by atoms with Crippen LogP contribution in [0.5, 0.6) is 0 Å². The van der Waals surface area contributed by atoms with E-state index in [0.29, 0.717) is 4.34 Å². The molecule has 0 amide bonds. The molecule has 0 aromatic carbocycles. The molecule has 1 aromatic rings. The zero-order chi connectivity index (χ0) is 12.6. The molecule has 0 atom stereocenters. The van der Waals surface area contributed by atoms with Crippen LogP contribution in [0.1, 0.15) is 20.8 Å². The minimum absolute atomic E-state index is 0.0755. The van der Waals surface area contributed by atoms with Gasteiger partial charge < -0.3 is 0 Å². The maximum atomic E-state index is 11.7. The molecule has 16 heavy (non-hydrogen) atoms. The van der Waals surface area contributed by atoms with E-state index in [1.807, 2.05) is 4.89 Å². The molecule has 1 aromatic heterocycles. The lowest BCUT2D eigenvalue weighted by atomic mass is 10.2. The smallest absolute Gasteiger partial charge is 0.264 e. The maximum absolute atomic E-state index is 11.7. The van der Waals surface area contributed by atoms with Gasteiger partial charge in [0.1, 0.15) is 9.23 Å². The molecule has 8 heteroatoms. The largest absolute Gasteiger partial charge is 0.281 e. The maximum Gasteiger partial charge on any atom is 0.264 e. The molecule has 1 heterocycles. The van der Waals surface area contributed by atoms with Gasteiger partial charge in [-0.25, -0.2) is 8.42 Å². The Morgan fingerprint density at radius 3 is 2.31 bits per heavy atom. The van der Waals surface area contributed by atoms with Crippen molar-refractivity contribution in [3.63, 3.8) is 0 Å². The molecule has 0 spiro atoms. The summed E-state index contributed by atoms with van der Waals surface area (Å²) in [6.07, 6.45) is 0. The molecule has 1 N–H and O–H groups in total. The number of nitrogens with one attached hydrogen (secondary N) is 1. The van der Waals surface area contributed by atoms with E-state index >= 15 is 0 Å². The summed E-state index contributed by atoms with van der Waals surface area (Å²) in [7, 11) is -3.78. The topological polar surface area (TPSA) is 55.4 Å². The van der Waals surface area contributed by atoms with Crippen LogP contribution in [0, 0.1) is 0 Å². The summed E-state index contributed by atoms with van der Waals surface area (Å²) in [5, 5.41) is 0. The van der Waals surface area contributed by atoms with Crippen molar-refractivity contribution in [3.8, 4) is 0 Å². The van der Waals surface area contributed by atoms with Crippen LogP contribution in [-0.4, -0.2) is 14.0 Å². The van der Waals surface area contributed by atoms with Crippen LogP contribution in [0.3, 0.4) is 0 Å². The van der Waals surface area contributed by atoms with Crippen LogP contribution in [0.4, 0.5) is 0 Å². The Bertz CT molecular complexity index is 476. The summed E-state index contributed by atoms with van der Waals surface area (Å²) in [6.45, 7) is 5.16. The molecular formula is C8H11Cl2NO3S2. The van der Waals surface area contributed by atoms with E-state index in [1.54, 1.807) is 20.8 Å². The molecule has 0 unspecified atom stereocenters. The van der Waals surface area contributed by atoms with E-state index < -0.39 is 15.6 Å². The number of halogens is 2. The van der Waals surface area contributed by atoms with Gasteiger partial charge in [-0.1, -0.05) is 28.1 Å². The Hall–Kier alpha value is 0.150. The first-order chi connectivity index (χ1) is 7.12. The summed E-state index contributed by atoms with van der Waals surface area (Å²) in [5.74, 6) is 0. The minimum Gasteiger partial charge on any atom is -0.281 e. The van der Waals surface area contributed by atoms with Gasteiger partial charge in [0.25, 0.3) is 10.0 Å². The zero-order valence-corrected chi connectivity index (χ0v) is 12.0. The molecule has 0 radical (unpaired) electrons. The van der Waals surface area contributed by atoms with Crippen molar-refractivity contribution in [2.24, 2.45) is 0 Å². The van der Waals surface area contributed by atoms with Gasteiger partial charge in [-0.2, -0.15) is 0 Å². The molecule has 0 aliphatic carbocycles. The van der Waals surface area contributed by atoms with E-state index in [2.05, 4.69) is 0 Å². The van der Waals surface area contributed by atoms with Crippen molar-refractivity contribution < 1.29 is 13.3 Å². The lowest BCUT2D eigenvalue weighted by molar-refractivity contribution is -0.0357. The molecule has 92 valence electrons. The van der Waals surface area contributed by atoms with Gasteiger partial charge in [0.05, 0.1) is 9.94 Å². The highest BCUT2D eigenvalue weighted by atomic mass is 35.5. The van der Waals surface area contributed by atoms with Crippen LogP contribution in [-0.2, 0) is 14.9 Å². The second-order valence-corrected chi connectivity index (χ2v) is 7.89. The Kier molecular flexibility index (Phi) is 4.26. The van der Waals surface area contributed by atoms with Crippen LogP contribution in [0.2, 0.25) is 8.67 Å². The lowest BCUT2D eigenvalue weighted by Crippen LogP contribution is -2.33. The van der Waals surface area contributed by atoms with E-state index in [-0.39, 0.29) is 9.23 Å². The van der Waals surface area contributed by atoms with Crippen molar-refractivity contribution in [2.75, 3.05) is 0 Å². The molecule has 1 rings (SSSR count). The van der Waals surface area contributed by atoms with Gasteiger partial charge in [-0.15, -0.1) is 11.3 Å².